The highest BCUT2D eigenvalue weighted by atomic mass is 15.6. The molecule has 2 aliphatic rings. The van der Waals surface area contributed by atoms with Gasteiger partial charge in [0.05, 0.1) is 6.20 Å². The van der Waals surface area contributed by atoms with Crippen LogP contribution in [0, 0.1) is 11.3 Å². The third-order valence-corrected chi connectivity index (χ3v) is 3.45. The number of fused-ring (bicyclic) bond motifs is 1. The quantitative estimate of drug-likeness (QED) is 0.681. The van der Waals surface area contributed by atoms with Crippen LogP contribution in [0.25, 0.3) is 0 Å². The summed E-state index contributed by atoms with van der Waals surface area (Å²) in [4.78, 5) is 8.28. The number of hydrogen-bond acceptors (Lipinski definition) is 5. The number of anilines is 1. The number of rotatable bonds is 0. The average molecular weight is 230 g/mol. The highest BCUT2D eigenvalue weighted by molar-refractivity contribution is 5.57. The summed E-state index contributed by atoms with van der Waals surface area (Å²) in [6.07, 6.45) is 6.08. The van der Waals surface area contributed by atoms with Gasteiger partial charge in [-0.25, -0.2) is 9.66 Å². The van der Waals surface area contributed by atoms with Gasteiger partial charge in [0, 0.05) is 7.05 Å². The molecule has 17 heavy (non-hydrogen) atoms. The lowest BCUT2D eigenvalue weighted by atomic mass is 10.1. The minimum Gasteiger partial charge on any atom is -0.345 e. The van der Waals surface area contributed by atoms with E-state index in [0.717, 1.165) is 18.7 Å². The van der Waals surface area contributed by atoms with Crippen LogP contribution in [0.3, 0.4) is 0 Å². The van der Waals surface area contributed by atoms with E-state index in [9.17, 15) is 0 Å². The molecule has 0 bridgehead atoms. The molecule has 0 radical (unpaired) electrons. The standard InChI is InChI=1S/C11H14N6/c1-13-10-14-7-8(6-12)9-15-11(16-17(9)10)4-2-3-5-11/h7,15-16H,2-5H2,1H3. The maximum Gasteiger partial charge on any atom is 0.245 e. The summed E-state index contributed by atoms with van der Waals surface area (Å²) in [5, 5.41) is 12.5. The fraction of sp³-hybridized carbons (Fsp3) is 0.545. The summed E-state index contributed by atoms with van der Waals surface area (Å²) in [6, 6.07) is 2.16. The van der Waals surface area contributed by atoms with Gasteiger partial charge in [0.25, 0.3) is 0 Å². The zero-order valence-corrected chi connectivity index (χ0v) is 9.69. The monoisotopic (exact) mass is 230 g/mol. The molecule has 1 aromatic heterocycles. The molecular weight excluding hydrogens is 216 g/mol. The highest BCUT2D eigenvalue weighted by Gasteiger charge is 2.40. The van der Waals surface area contributed by atoms with E-state index in [1.54, 1.807) is 17.9 Å². The van der Waals surface area contributed by atoms with Crippen LogP contribution in [-0.2, 0) is 0 Å². The van der Waals surface area contributed by atoms with Gasteiger partial charge in [-0.05, 0) is 25.7 Å². The molecule has 0 unspecified atom stereocenters. The van der Waals surface area contributed by atoms with Crippen LogP contribution >= 0.6 is 0 Å². The van der Waals surface area contributed by atoms with Crippen LogP contribution in [0.4, 0.5) is 5.82 Å². The smallest absolute Gasteiger partial charge is 0.245 e. The first kappa shape index (κ1) is 10.1. The Morgan fingerprint density at radius 3 is 2.94 bits per heavy atom. The van der Waals surface area contributed by atoms with Gasteiger partial charge < -0.3 is 5.32 Å². The van der Waals surface area contributed by atoms with Crippen molar-refractivity contribution in [3.8, 4) is 6.07 Å². The highest BCUT2D eigenvalue weighted by Crippen LogP contribution is 2.35. The molecule has 0 saturated heterocycles. The first-order chi connectivity index (χ1) is 8.28. The molecular formula is C11H14N6. The van der Waals surface area contributed by atoms with Crippen LogP contribution < -0.4 is 16.4 Å². The van der Waals surface area contributed by atoms with Crippen molar-refractivity contribution in [1.29, 1.82) is 5.26 Å². The molecule has 1 aliphatic carbocycles. The van der Waals surface area contributed by atoms with Crippen LogP contribution in [0.5, 0.6) is 0 Å². The first-order valence-electron chi connectivity index (χ1n) is 5.79. The van der Waals surface area contributed by atoms with E-state index in [1.807, 2.05) is 0 Å². The predicted octanol–water partition coefficient (Wildman–Crippen LogP) is 0.525. The molecule has 2 heterocycles. The van der Waals surface area contributed by atoms with E-state index in [-0.39, 0.29) is 5.66 Å². The number of nitrogens with one attached hydrogen (secondary N) is 2. The zero-order chi connectivity index (χ0) is 11.9. The molecule has 1 spiro atoms. The van der Waals surface area contributed by atoms with E-state index in [0.29, 0.717) is 11.2 Å². The Kier molecular flexibility index (Phi) is 2.08. The molecule has 0 atom stereocenters. The molecule has 0 amide bonds. The molecule has 88 valence electrons. The molecule has 1 aliphatic heterocycles. The summed E-state index contributed by atoms with van der Waals surface area (Å²) in [6.45, 7) is 0. The summed E-state index contributed by atoms with van der Waals surface area (Å²) in [5.41, 5.74) is 4.43. The minimum atomic E-state index is -0.110. The second-order valence-electron chi connectivity index (χ2n) is 4.52. The van der Waals surface area contributed by atoms with Gasteiger partial charge in [-0.2, -0.15) is 5.26 Å². The van der Waals surface area contributed by atoms with Crippen LogP contribution in [0.15, 0.2) is 11.2 Å². The maximum atomic E-state index is 9.09. The second-order valence-corrected chi connectivity index (χ2v) is 4.52. The van der Waals surface area contributed by atoms with Crippen molar-refractivity contribution >= 4 is 5.82 Å². The number of nitrogens with zero attached hydrogens (tertiary/aromatic N) is 4. The van der Waals surface area contributed by atoms with Gasteiger partial charge in [0.15, 0.2) is 0 Å². The first-order valence-corrected chi connectivity index (χ1v) is 5.79. The van der Waals surface area contributed by atoms with Crippen molar-refractivity contribution in [2.24, 2.45) is 4.99 Å². The lowest BCUT2D eigenvalue weighted by molar-refractivity contribution is 0.526. The Labute approximate surface area is 99.0 Å². The van der Waals surface area contributed by atoms with Gasteiger partial charge in [0.1, 0.15) is 23.1 Å². The van der Waals surface area contributed by atoms with Gasteiger partial charge in [-0.3, -0.25) is 10.4 Å². The van der Waals surface area contributed by atoms with Gasteiger partial charge >= 0.3 is 0 Å². The number of hydrogen-bond donors (Lipinski definition) is 2. The molecule has 1 saturated carbocycles. The van der Waals surface area contributed by atoms with Gasteiger partial charge in [-0.1, -0.05) is 0 Å². The molecule has 3 rings (SSSR count). The third-order valence-electron chi connectivity index (χ3n) is 3.45. The Hall–Kier alpha value is -2.03. The van der Waals surface area contributed by atoms with Crippen molar-refractivity contribution in [1.82, 2.24) is 9.66 Å². The zero-order valence-electron chi connectivity index (χ0n) is 9.69. The normalized spacial score (nSPS) is 20.8. The maximum absolute atomic E-state index is 9.09. The summed E-state index contributed by atoms with van der Waals surface area (Å²) < 4.78 is 1.80. The third kappa shape index (κ3) is 1.39. The van der Waals surface area contributed by atoms with E-state index in [4.69, 9.17) is 5.26 Å². The van der Waals surface area contributed by atoms with Gasteiger partial charge in [-0.15, -0.1) is 0 Å². The van der Waals surface area contributed by atoms with Crippen molar-refractivity contribution in [2.75, 3.05) is 17.8 Å². The van der Waals surface area contributed by atoms with E-state index in [2.05, 4.69) is 26.8 Å². The Morgan fingerprint density at radius 2 is 2.29 bits per heavy atom. The molecule has 1 fully saturated rings. The summed E-state index contributed by atoms with van der Waals surface area (Å²) in [7, 11) is 1.70. The lowest BCUT2D eigenvalue weighted by Gasteiger charge is -2.23. The fourth-order valence-electron chi connectivity index (χ4n) is 2.61. The molecule has 6 heteroatoms. The average Bonchev–Trinajstić information content (AvgIpc) is 2.95. The fourth-order valence-corrected chi connectivity index (χ4v) is 2.61. The number of aromatic nitrogens is 2. The predicted molar refractivity (Wildman–Crippen MR) is 62.6 cm³/mol. The van der Waals surface area contributed by atoms with Gasteiger partial charge in [0.2, 0.25) is 5.62 Å². The van der Waals surface area contributed by atoms with Crippen LogP contribution in [-0.4, -0.2) is 22.4 Å². The molecule has 0 aromatic carbocycles. The topological polar surface area (TPSA) is 78.0 Å². The minimum absolute atomic E-state index is 0.110. The van der Waals surface area contributed by atoms with Crippen LogP contribution in [0.1, 0.15) is 31.2 Å². The molecule has 1 aromatic rings. The Balaban J connectivity index is 2.15. The number of nitriles is 1. The second kappa shape index (κ2) is 3.48. The summed E-state index contributed by atoms with van der Waals surface area (Å²) >= 11 is 0. The van der Waals surface area contributed by atoms with Crippen molar-refractivity contribution in [3.05, 3.63) is 17.4 Å². The lowest BCUT2D eigenvalue weighted by Crippen LogP contribution is -2.43. The van der Waals surface area contributed by atoms with Crippen molar-refractivity contribution in [2.45, 2.75) is 31.3 Å². The molecule has 6 nitrogen and oxygen atoms in total. The van der Waals surface area contributed by atoms with Crippen LogP contribution in [0.2, 0.25) is 0 Å². The van der Waals surface area contributed by atoms with Crippen molar-refractivity contribution < 1.29 is 0 Å². The Morgan fingerprint density at radius 1 is 1.53 bits per heavy atom. The van der Waals surface area contributed by atoms with E-state index in [1.165, 1.54) is 12.8 Å². The molecule has 2 N–H and O–H groups in total. The Bertz CT molecular complexity index is 558. The SMILES string of the molecule is CN=c1ncc(C#N)c2n1NC1(CCCC1)N2. The summed E-state index contributed by atoms with van der Waals surface area (Å²) in [5.74, 6) is 0.782. The largest absolute Gasteiger partial charge is 0.345 e. The van der Waals surface area contributed by atoms with Crippen molar-refractivity contribution in [3.63, 3.8) is 0 Å². The van der Waals surface area contributed by atoms with E-state index < -0.39 is 0 Å². The van der Waals surface area contributed by atoms with E-state index >= 15 is 0 Å².